The maximum atomic E-state index is 3.71. The molecule has 102 valence electrons. The zero-order valence-corrected chi connectivity index (χ0v) is 13.1. The van der Waals surface area contributed by atoms with E-state index in [4.69, 9.17) is 0 Å². The Bertz CT molecular complexity index is 371. The van der Waals surface area contributed by atoms with Crippen LogP contribution in [0.25, 0.3) is 0 Å². The first kappa shape index (κ1) is 14.1. The Hall–Kier alpha value is -0.340. The predicted octanol–water partition coefficient (Wildman–Crippen LogP) is 4.27. The lowest BCUT2D eigenvalue weighted by Crippen LogP contribution is -2.34. The predicted molar refractivity (Wildman–Crippen MR) is 81.4 cm³/mol. The van der Waals surface area contributed by atoms with Crippen molar-refractivity contribution in [1.29, 1.82) is 0 Å². The van der Waals surface area contributed by atoms with Crippen LogP contribution in [0.3, 0.4) is 0 Å². The van der Waals surface area contributed by atoms with E-state index in [1.54, 1.807) is 4.88 Å². The molecule has 0 amide bonds. The molecule has 1 atom stereocenters. The molecule has 1 nitrogen and oxygen atoms in total. The molecule has 1 unspecified atom stereocenters. The molecule has 0 radical (unpaired) electrons. The van der Waals surface area contributed by atoms with Gasteiger partial charge >= 0.3 is 0 Å². The molecule has 1 N–H and O–H groups in total. The number of rotatable bonds is 6. The van der Waals surface area contributed by atoms with E-state index in [0.717, 1.165) is 12.0 Å². The van der Waals surface area contributed by atoms with Crippen molar-refractivity contribution < 1.29 is 0 Å². The van der Waals surface area contributed by atoms with Crippen LogP contribution in [-0.4, -0.2) is 12.6 Å². The Kier molecular flexibility index (Phi) is 4.50. The van der Waals surface area contributed by atoms with Crippen molar-refractivity contribution in [2.75, 3.05) is 6.54 Å². The van der Waals surface area contributed by atoms with Crippen LogP contribution in [0, 0.1) is 11.3 Å². The Balaban J connectivity index is 1.94. The fraction of sp³-hybridized carbons (Fsp3) is 0.750. The molecule has 0 aromatic carbocycles. The van der Waals surface area contributed by atoms with Gasteiger partial charge in [-0.05, 0) is 55.7 Å². The maximum Gasteiger partial charge on any atom is 0.00683 e. The number of thiophene rings is 1. The molecule has 1 fully saturated rings. The molecule has 1 aromatic rings. The molecule has 1 aliphatic rings. The minimum atomic E-state index is 0.387. The Labute approximate surface area is 116 Å². The highest BCUT2D eigenvalue weighted by atomic mass is 32.1. The van der Waals surface area contributed by atoms with Crippen molar-refractivity contribution >= 4 is 11.3 Å². The topological polar surface area (TPSA) is 12.0 Å². The quantitative estimate of drug-likeness (QED) is 0.810. The number of hydrogen-bond donors (Lipinski definition) is 1. The van der Waals surface area contributed by atoms with Crippen molar-refractivity contribution in [2.24, 2.45) is 11.3 Å². The Morgan fingerprint density at radius 2 is 1.94 bits per heavy atom. The van der Waals surface area contributed by atoms with Crippen molar-refractivity contribution in [1.82, 2.24) is 5.32 Å². The third-order valence-corrected chi connectivity index (χ3v) is 5.22. The van der Waals surface area contributed by atoms with Crippen LogP contribution in [0.15, 0.2) is 12.1 Å². The van der Waals surface area contributed by atoms with Gasteiger partial charge in [0.15, 0.2) is 0 Å². The summed E-state index contributed by atoms with van der Waals surface area (Å²) < 4.78 is 0. The van der Waals surface area contributed by atoms with Gasteiger partial charge in [-0.2, -0.15) is 0 Å². The summed E-state index contributed by atoms with van der Waals surface area (Å²) >= 11 is 2.00. The summed E-state index contributed by atoms with van der Waals surface area (Å²) in [5.41, 5.74) is 0.387. The van der Waals surface area contributed by atoms with E-state index in [1.165, 1.54) is 37.1 Å². The van der Waals surface area contributed by atoms with Gasteiger partial charge < -0.3 is 5.32 Å². The molecular formula is C16H27NS. The lowest BCUT2D eigenvalue weighted by atomic mass is 9.78. The van der Waals surface area contributed by atoms with E-state index in [0.29, 0.717) is 5.41 Å². The first-order valence-electron chi connectivity index (χ1n) is 7.30. The van der Waals surface area contributed by atoms with Gasteiger partial charge in [0.2, 0.25) is 0 Å². The molecule has 18 heavy (non-hydrogen) atoms. The lowest BCUT2D eigenvalue weighted by Gasteiger charge is -2.31. The van der Waals surface area contributed by atoms with Gasteiger partial charge in [-0.1, -0.05) is 27.7 Å². The fourth-order valence-electron chi connectivity index (χ4n) is 2.25. The zero-order valence-electron chi connectivity index (χ0n) is 12.3. The normalized spacial score (nSPS) is 18.0. The molecule has 1 saturated carbocycles. The Morgan fingerprint density at radius 1 is 1.28 bits per heavy atom. The standard InChI is InChI=1S/C16H27NS/c1-5-14-8-9-15(18-14)10-12(16(2,3)4)11-17-13-6-7-13/h8-9,12-13,17H,5-7,10-11H2,1-4H3. The molecule has 2 heteroatoms. The second-order valence-electron chi connectivity index (χ2n) is 6.67. The summed E-state index contributed by atoms with van der Waals surface area (Å²) in [4.78, 5) is 3.08. The second-order valence-corrected chi connectivity index (χ2v) is 7.92. The summed E-state index contributed by atoms with van der Waals surface area (Å²) in [6, 6.07) is 5.46. The molecule has 2 rings (SSSR count). The van der Waals surface area contributed by atoms with Crippen molar-refractivity contribution in [2.45, 2.75) is 59.4 Å². The van der Waals surface area contributed by atoms with Crippen LogP contribution < -0.4 is 5.32 Å². The summed E-state index contributed by atoms with van der Waals surface area (Å²) in [7, 11) is 0. The van der Waals surface area contributed by atoms with E-state index in [1.807, 2.05) is 11.3 Å². The highest BCUT2D eigenvalue weighted by Crippen LogP contribution is 2.32. The van der Waals surface area contributed by atoms with Gasteiger partial charge in [-0.25, -0.2) is 0 Å². The maximum absolute atomic E-state index is 3.71. The zero-order chi connectivity index (χ0) is 13.2. The van der Waals surface area contributed by atoms with E-state index >= 15 is 0 Å². The number of nitrogens with one attached hydrogen (secondary N) is 1. The average molecular weight is 265 g/mol. The second kappa shape index (κ2) is 5.75. The van der Waals surface area contributed by atoms with Gasteiger partial charge in [-0.3, -0.25) is 0 Å². The number of hydrogen-bond acceptors (Lipinski definition) is 2. The smallest absolute Gasteiger partial charge is 0.00683 e. The van der Waals surface area contributed by atoms with Crippen LogP contribution in [0.4, 0.5) is 0 Å². The first-order chi connectivity index (χ1) is 8.49. The van der Waals surface area contributed by atoms with Gasteiger partial charge in [0, 0.05) is 15.8 Å². The molecule has 1 heterocycles. The van der Waals surface area contributed by atoms with E-state index in [-0.39, 0.29) is 0 Å². The van der Waals surface area contributed by atoms with Crippen molar-refractivity contribution in [3.63, 3.8) is 0 Å². The molecule has 1 aliphatic carbocycles. The van der Waals surface area contributed by atoms with Gasteiger partial charge in [0.05, 0.1) is 0 Å². The largest absolute Gasteiger partial charge is 0.314 e. The molecule has 1 aromatic heterocycles. The fourth-order valence-corrected chi connectivity index (χ4v) is 3.28. The van der Waals surface area contributed by atoms with Crippen LogP contribution >= 0.6 is 11.3 Å². The highest BCUT2D eigenvalue weighted by molar-refractivity contribution is 7.11. The van der Waals surface area contributed by atoms with Gasteiger partial charge in [0.25, 0.3) is 0 Å². The highest BCUT2D eigenvalue weighted by Gasteiger charge is 2.28. The minimum Gasteiger partial charge on any atom is -0.314 e. The molecule has 0 spiro atoms. The third-order valence-electron chi connectivity index (χ3n) is 3.97. The molecule has 0 aliphatic heterocycles. The first-order valence-corrected chi connectivity index (χ1v) is 8.11. The summed E-state index contributed by atoms with van der Waals surface area (Å²) in [6.07, 6.45) is 5.17. The monoisotopic (exact) mass is 265 g/mol. The van der Waals surface area contributed by atoms with E-state index in [2.05, 4.69) is 45.1 Å². The average Bonchev–Trinajstić information content (AvgIpc) is 3.01. The number of aryl methyl sites for hydroxylation is 1. The van der Waals surface area contributed by atoms with Crippen molar-refractivity contribution in [3.8, 4) is 0 Å². The molecule has 0 saturated heterocycles. The summed E-state index contributed by atoms with van der Waals surface area (Å²) in [5.74, 6) is 0.737. The van der Waals surface area contributed by atoms with Crippen molar-refractivity contribution in [3.05, 3.63) is 21.9 Å². The van der Waals surface area contributed by atoms with Crippen LogP contribution in [0.5, 0.6) is 0 Å². The minimum absolute atomic E-state index is 0.387. The van der Waals surface area contributed by atoms with Crippen LogP contribution in [-0.2, 0) is 12.8 Å². The van der Waals surface area contributed by atoms with Crippen LogP contribution in [0.1, 0.15) is 50.3 Å². The molecule has 0 bridgehead atoms. The summed E-state index contributed by atoms with van der Waals surface area (Å²) in [5, 5.41) is 3.71. The SMILES string of the molecule is CCc1ccc(CC(CNC2CC2)C(C)(C)C)s1. The molecular weight excluding hydrogens is 238 g/mol. The third kappa shape index (κ3) is 4.10. The Morgan fingerprint density at radius 3 is 2.44 bits per heavy atom. The van der Waals surface area contributed by atoms with E-state index < -0.39 is 0 Å². The van der Waals surface area contributed by atoms with Gasteiger partial charge in [-0.15, -0.1) is 11.3 Å². The van der Waals surface area contributed by atoms with Gasteiger partial charge in [0.1, 0.15) is 0 Å². The lowest BCUT2D eigenvalue weighted by molar-refractivity contribution is 0.231. The summed E-state index contributed by atoms with van der Waals surface area (Å²) in [6.45, 7) is 10.5. The van der Waals surface area contributed by atoms with E-state index in [9.17, 15) is 0 Å². The van der Waals surface area contributed by atoms with Crippen LogP contribution in [0.2, 0.25) is 0 Å².